The van der Waals surface area contributed by atoms with E-state index in [0.717, 1.165) is 5.56 Å². The van der Waals surface area contributed by atoms with E-state index in [1.807, 2.05) is 33.9 Å². The summed E-state index contributed by atoms with van der Waals surface area (Å²) >= 11 is 7.66. The average Bonchev–Trinajstić information content (AvgIpc) is 3.10. The minimum Gasteiger partial charge on any atom is -0.340 e. The van der Waals surface area contributed by atoms with Gasteiger partial charge in [0, 0.05) is 26.2 Å². The summed E-state index contributed by atoms with van der Waals surface area (Å²) in [5.41, 5.74) is 1.69. The van der Waals surface area contributed by atoms with Crippen molar-refractivity contribution >= 4 is 40.4 Å². The number of benzene rings is 1. The van der Waals surface area contributed by atoms with Crippen LogP contribution in [0.1, 0.15) is 5.56 Å². The van der Waals surface area contributed by atoms with Crippen LogP contribution in [0.2, 0.25) is 5.02 Å². The normalized spacial score (nSPS) is 15.2. The largest absolute Gasteiger partial charge is 0.340 e. The number of hydrogen-bond donors (Lipinski definition) is 1. The maximum Gasteiger partial charge on any atom is 0.238 e. The van der Waals surface area contributed by atoms with Crippen LogP contribution in [0, 0.1) is 0 Å². The molecule has 2 amide bonds. The lowest BCUT2D eigenvalue weighted by atomic mass is 10.2. The molecule has 1 fully saturated rings. The van der Waals surface area contributed by atoms with Gasteiger partial charge in [-0.25, -0.2) is 0 Å². The third kappa shape index (κ3) is 5.04. The van der Waals surface area contributed by atoms with E-state index in [1.54, 1.807) is 23.5 Å². The van der Waals surface area contributed by atoms with E-state index in [9.17, 15) is 9.59 Å². The van der Waals surface area contributed by atoms with Crippen LogP contribution in [0.15, 0.2) is 41.1 Å². The predicted molar refractivity (Wildman–Crippen MR) is 101 cm³/mol. The van der Waals surface area contributed by atoms with Crippen LogP contribution in [0.3, 0.4) is 0 Å². The van der Waals surface area contributed by atoms with Crippen molar-refractivity contribution in [1.82, 2.24) is 9.80 Å². The Hall–Kier alpha value is -1.89. The highest BCUT2D eigenvalue weighted by Crippen LogP contribution is 2.20. The van der Waals surface area contributed by atoms with Crippen LogP contribution in [0.25, 0.3) is 0 Å². The number of nitrogens with zero attached hydrogens (tertiary/aromatic N) is 2. The average molecular weight is 378 g/mol. The van der Waals surface area contributed by atoms with Crippen LogP contribution in [0.5, 0.6) is 0 Å². The summed E-state index contributed by atoms with van der Waals surface area (Å²) in [6.45, 7) is 3.01. The molecule has 1 aliphatic rings. The highest BCUT2D eigenvalue weighted by molar-refractivity contribution is 7.08. The fraction of sp³-hybridized carbons (Fsp3) is 0.333. The molecule has 0 aliphatic carbocycles. The van der Waals surface area contributed by atoms with Crippen LogP contribution < -0.4 is 5.32 Å². The number of carbonyl (C=O) groups excluding carboxylic acids is 2. The maximum atomic E-state index is 12.3. The van der Waals surface area contributed by atoms with Crippen molar-refractivity contribution in [1.29, 1.82) is 0 Å². The molecular formula is C18H20ClN3O2S. The molecule has 1 N–H and O–H groups in total. The molecule has 2 heterocycles. The number of hydrogen-bond acceptors (Lipinski definition) is 4. The highest BCUT2D eigenvalue weighted by Gasteiger charge is 2.22. The first-order valence-corrected chi connectivity index (χ1v) is 9.49. The number of carbonyl (C=O) groups is 2. The third-order valence-electron chi connectivity index (χ3n) is 4.18. The number of anilines is 1. The van der Waals surface area contributed by atoms with Gasteiger partial charge in [0.1, 0.15) is 0 Å². The predicted octanol–water partition coefficient (Wildman–Crippen LogP) is 2.73. The Kier molecular flexibility index (Phi) is 6.07. The lowest BCUT2D eigenvalue weighted by molar-refractivity contribution is -0.132. The molecule has 1 aromatic heterocycles. The van der Waals surface area contributed by atoms with Gasteiger partial charge in [-0.15, -0.1) is 0 Å². The Morgan fingerprint density at radius 3 is 2.56 bits per heavy atom. The van der Waals surface area contributed by atoms with E-state index in [1.165, 1.54) is 0 Å². The summed E-state index contributed by atoms with van der Waals surface area (Å²) in [6, 6.07) is 9.16. The zero-order chi connectivity index (χ0) is 17.6. The van der Waals surface area contributed by atoms with Gasteiger partial charge >= 0.3 is 0 Å². The first kappa shape index (κ1) is 17.9. The van der Waals surface area contributed by atoms with Gasteiger partial charge in [0.2, 0.25) is 11.8 Å². The fourth-order valence-corrected chi connectivity index (χ4v) is 3.64. The molecule has 0 spiro atoms. The molecule has 1 saturated heterocycles. The lowest BCUT2D eigenvalue weighted by Crippen LogP contribution is -2.50. The molecule has 0 atom stereocenters. The Balaban J connectivity index is 1.43. The van der Waals surface area contributed by atoms with Crippen molar-refractivity contribution in [2.75, 3.05) is 38.0 Å². The van der Waals surface area contributed by atoms with Gasteiger partial charge in [-0.3, -0.25) is 14.5 Å². The summed E-state index contributed by atoms with van der Waals surface area (Å²) < 4.78 is 0. The van der Waals surface area contributed by atoms with Gasteiger partial charge in [-0.05, 0) is 34.5 Å². The van der Waals surface area contributed by atoms with E-state index in [4.69, 9.17) is 11.6 Å². The van der Waals surface area contributed by atoms with E-state index in [-0.39, 0.29) is 11.8 Å². The first-order chi connectivity index (χ1) is 12.1. The van der Waals surface area contributed by atoms with E-state index in [0.29, 0.717) is 49.9 Å². The van der Waals surface area contributed by atoms with Crippen LogP contribution in [-0.2, 0) is 16.0 Å². The smallest absolute Gasteiger partial charge is 0.238 e. The zero-order valence-corrected chi connectivity index (χ0v) is 15.4. The Bertz CT molecular complexity index is 728. The number of amides is 2. The molecule has 0 bridgehead atoms. The van der Waals surface area contributed by atoms with Crippen molar-refractivity contribution in [3.05, 3.63) is 51.7 Å². The van der Waals surface area contributed by atoms with Gasteiger partial charge in [0.05, 0.1) is 23.7 Å². The van der Waals surface area contributed by atoms with E-state index >= 15 is 0 Å². The number of para-hydroxylation sites is 1. The maximum absolute atomic E-state index is 12.3. The van der Waals surface area contributed by atoms with Crippen LogP contribution >= 0.6 is 22.9 Å². The van der Waals surface area contributed by atoms with Crippen molar-refractivity contribution < 1.29 is 9.59 Å². The topological polar surface area (TPSA) is 52.7 Å². The molecule has 2 aromatic rings. The zero-order valence-electron chi connectivity index (χ0n) is 13.8. The highest BCUT2D eigenvalue weighted by atomic mass is 35.5. The molecule has 5 nitrogen and oxygen atoms in total. The van der Waals surface area contributed by atoms with Crippen LogP contribution in [0.4, 0.5) is 5.69 Å². The SMILES string of the molecule is O=C(CN1CCN(C(=O)Cc2ccsc2)CC1)Nc1ccccc1Cl. The minimum atomic E-state index is -0.0915. The molecule has 1 aromatic carbocycles. The number of piperazine rings is 1. The van der Waals surface area contributed by atoms with E-state index in [2.05, 4.69) is 10.2 Å². The second kappa shape index (κ2) is 8.47. The third-order valence-corrected chi connectivity index (χ3v) is 5.24. The van der Waals surface area contributed by atoms with Crippen molar-refractivity contribution in [2.24, 2.45) is 0 Å². The monoisotopic (exact) mass is 377 g/mol. The number of rotatable bonds is 5. The minimum absolute atomic E-state index is 0.0915. The lowest BCUT2D eigenvalue weighted by Gasteiger charge is -2.34. The molecule has 132 valence electrons. The van der Waals surface area contributed by atoms with Crippen molar-refractivity contribution in [3.8, 4) is 0 Å². The Labute approximate surface area is 156 Å². The fourth-order valence-electron chi connectivity index (χ4n) is 2.79. The second-order valence-electron chi connectivity index (χ2n) is 5.99. The molecule has 25 heavy (non-hydrogen) atoms. The Morgan fingerprint density at radius 2 is 1.88 bits per heavy atom. The summed E-state index contributed by atoms with van der Waals surface area (Å²) in [4.78, 5) is 28.4. The van der Waals surface area contributed by atoms with Crippen molar-refractivity contribution in [3.63, 3.8) is 0 Å². The summed E-state index contributed by atoms with van der Waals surface area (Å²) in [6.07, 6.45) is 0.455. The van der Waals surface area contributed by atoms with Crippen LogP contribution in [-0.4, -0.2) is 54.3 Å². The number of halogens is 1. The van der Waals surface area contributed by atoms with Gasteiger partial charge in [-0.1, -0.05) is 23.7 Å². The number of nitrogens with one attached hydrogen (secondary N) is 1. The first-order valence-electron chi connectivity index (χ1n) is 8.17. The van der Waals surface area contributed by atoms with Gasteiger partial charge < -0.3 is 10.2 Å². The van der Waals surface area contributed by atoms with Gasteiger partial charge in [0.15, 0.2) is 0 Å². The molecule has 3 rings (SSSR count). The summed E-state index contributed by atoms with van der Waals surface area (Å²) in [5.74, 6) is 0.0599. The van der Waals surface area contributed by atoms with E-state index < -0.39 is 0 Å². The van der Waals surface area contributed by atoms with Gasteiger partial charge in [0.25, 0.3) is 0 Å². The molecular weight excluding hydrogens is 358 g/mol. The molecule has 0 unspecified atom stereocenters. The Morgan fingerprint density at radius 1 is 1.12 bits per heavy atom. The number of thiophene rings is 1. The molecule has 0 radical (unpaired) electrons. The van der Waals surface area contributed by atoms with Crippen molar-refractivity contribution in [2.45, 2.75) is 6.42 Å². The summed E-state index contributed by atoms with van der Waals surface area (Å²) in [5, 5.41) is 7.35. The molecule has 1 aliphatic heterocycles. The second-order valence-corrected chi connectivity index (χ2v) is 7.18. The molecule has 0 saturated carbocycles. The molecule has 7 heteroatoms. The quantitative estimate of drug-likeness (QED) is 0.871. The summed E-state index contributed by atoms with van der Waals surface area (Å²) in [7, 11) is 0. The standard InChI is InChI=1S/C18H20ClN3O2S/c19-15-3-1-2-4-16(15)20-17(23)12-21-6-8-22(9-7-21)18(24)11-14-5-10-25-13-14/h1-5,10,13H,6-9,11-12H2,(H,20,23). The van der Waals surface area contributed by atoms with Gasteiger partial charge in [-0.2, -0.15) is 11.3 Å².